The first-order valence-electron chi connectivity index (χ1n) is 5.48. The van der Waals surface area contributed by atoms with E-state index in [9.17, 15) is 0 Å². The highest BCUT2D eigenvalue weighted by molar-refractivity contribution is 7.16. The molecule has 0 unspecified atom stereocenters. The zero-order valence-corrected chi connectivity index (χ0v) is 11.3. The number of rotatable bonds is 3. The van der Waals surface area contributed by atoms with E-state index in [1.165, 1.54) is 5.56 Å². The summed E-state index contributed by atoms with van der Waals surface area (Å²) in [6, 6.07) is 8.06. The second-order valence-electron chi connectivity index (χ2n) is 3.72. The van der Waals surface area contributed by atoms with Crippen molar-refractivity contribution in [3.63, 3.8) is 0 Å². The van der Waals surface area contributed by atoms with Crippen molar-refractivity contribution in [1.82, 2.24) is 15.4 Å². The van der Waals surface area contributed by atoms with Gasteiger partial charge in [-0.05, 0) is 40.6 Å². The van der Waals surface area contributed by atoms with E-state index in [0.717, 1.165) is 9.75 Å². The number of thiophene rings is 2. The lowest BCUT2D eigenvalue weighted by Crippen LogP contribution is -1.77. The molecule has 3 aromatic rings. The monoisotopic (exact) mass is 284 g/mol. The van der Waals surface area contributed by atoms with Gasteiger partial charge in [0.1, 0.15) is 11.8 Å². The maximum atomic E-state index is 8.92. The van der Waals surface area contributed by atoms with Crippen LogP contribution in [-0.2, 0) is 0 Å². The summed E-state index contributed by atoms with van der Waals surface area (Å²) in [6.07, 6.45) is 4.13. The Morgan fingerprint density at radius 3 is 2.95 bits per heavy atom. The fourth-order valence-electron chi connectivity index (χ4n) is 1.60. The molecule has 19 heavy (non-hydrogen) atoms. The fourth-order valence-corrected chi connectivity index (χ4v) is 3.13. The average Bonchev–Trinajstić information content (AvgIpc) is 3.16. The van der Waals surface area contributed by atoms with Crippen LogP contribution in [0, 0.1) is 11.3 Å². The lowest BCUT2D eigenvalue weighted by molar-refractivity contribution is 0.937. The molecule has 0 saturated heterocycles. The molecule has 0 fully saturated rings. The summed E-state index contributed by atoms with van der Waals surface area (Å²) in [5.74, 6) is 0. The Morgan fingerprint density at radius 2 is 2.16 bits per heavy atom. The SMILES string of the molecule is N#Cc1n[nH]nc1-c1ccc(/C=C/c2ccsc2)s1. The Hall–Kier alpha value is -2.23. The van der Waals surface area contributed by atoms with Gasteiger partial charge in [0.15, 0.2) is 5.69 Å². The van der Waals surface area contributed by atoms with Gasteiger partial charge in [0, 0.05) is 4.88 Å². The van der Waals surface area contributed by atoms with Gasteiger partial charge < -0.3 is 0 Å². The molecule has 0 aliphatic carbocycles. The summed E-state index contributed by atoms with van der Waals surface area (Å²) in [6.45, 7) is 0. The molecule has 92 valence electrons. The smallest absolute Gasteiger partial charge is 0.191 e. The minimum atomic E-state index is 0.329. The molecule has 3 heterocycles. The predicted octanol–water partition coefficient (Wildman–Crippen LogP) is 3.64. The summed E-state index contributed by atoms with van der Waals surface area (Å²) in [7, 11) is 0. The van der Waals surface area contributed by atoms with Gasteiger partial charge in [0.2, 0.25) is 0 Å². The molecule has 4 nitrogen and oxygen atoms in total. The van der Waals surface area contributed by atoms with Crippen LogP contribution in [0.4, 0.5) is 0 Å². The van der Waals surface area contributed by atoms with Crippen molar-refractivity contribution in [2.45, 2.75) is 0 Å². The van der Waals surface area contributed by atoms with Gasteiger partial charge in [-0.2, -0.15) is 26.9 Å². The van der Waals surface area contributed by atoms with Crippen LogP contribution in [-0.4, -0.2) is 15.4 Å². The standard InChI is InChI=1S/C13H8N4S2/c14-7-11-13(16-17-15-11)12-4-3-10(19-12)2-1-9-5-6-18-8-9/h1-6,8H,(H,15,16,17)/b2-1+. The molecule has 0 spiro atoms. The number of aromatic nitrogens is 3. The third-order valence-corrected chi connectivity index (χ3v) is 4.26. The second-order valence-corrected chi connectivity index (χ2v) is 5.62. The summed E-state index contributed by atoms with van der Waals surface area (Å²) in [4.78, 5) is 2.06. The molecule has 0 radical (unpaired) electrons. The van der Waals surface area contributed by atoms with E-state index in [1.54, 1.807) is 22.7 Å². The van der Waals surface area contributed by atoms with Gasteiger partial charge >= 0.3 is 0 Å². The molecular weight excluding hydrogens is 276 g/mol. The number of H-pyrrole nitrogens is 1. The van der Waals surface area contributed by atoms with E-state index < -0.39 is 0 Å². The first-order valence-corrected chi connectivity index (χ1v) is 7.24. The maximum absolute atomic E-state index is 8.92. The fraction of sp³-hybridized carbons (Fsp3) is 0. The topological polar surface area (TPSA) is 65.4 Å². The first-order chi connectivity index (χ1) is 9.36. The van der Waals surface area contributed by atoms with E-state index in [-0.39, 0.29) is 0 Å². The van der Waals surface area contributed by atoms with Crippen molar-refractivity contribution in [3.8, 4) is 16.6 Å². The molecule has 0 bridgehead atoms. The van der Waals surface area contributed by atoms with E-state index in [4.69, 9.17) is 5.26 Å². The third kappa shape index (κ3) is 2.47. The normalized spacial score (nSPS) is 10.9. The maximum Gasteiger partial charge on any atom is 0.191 e. The minimum absolute atomic E-state index is 0.329. The Bertz CT molecular complexity index is 744. The Labute approximate surface area is 117 Å². The number of aromatic amines is 1. The molecule has 0 saturated carbocycles. The Morgan fingerprint density at radius 1 is 1.21 bits per heavy atom. The lowest BCUT2D eigenvalue weighted by Gasteiger charge is -1.88. The van der Waals surface area contributed by atoms with Crippen LogP contribution < -0.4 is 0 Å². The van der Waals surface area contributed by atoms with E-state index in [0.29, 0.717) is 11.4 Å². The van der Waals surface area contributed by atoms with Crippen molar-refractivity contribution in [2.24, 2.45) is 0 Å². The predicted molar refractivity (Wildman–Crippen MR) is 77.7 cm³/mol. The minimum Gasteiger partial charge on any atom is -0.196 e. The van der Waals surface area contributed by atoms with Crippen LogP contribution in [0.5, 0.6) is 0 Å². The van der Waals surface area contributed by atoms with Gasteiger partial charge in [-0.15, -0.1) is 16.4 Å². The summed E-state index contributed by atoms with van der Waals surface area (Å²) >= 11 is 3.26. The van der Waals surface area contributed by atoms with Gasteiger partial charge in [-0.25, -0.2) is 0 Å². The highest BCUT2D eigenvalue weighted by atomic mass is 32.1. The Kier molecular flexibility index (Phi) is 3.23. The molecule has 3 rings (SSSR count). The third-order valence-electron chi connectivity index (χ3n) is 2.50. The van der Waals surface area contributed by atoms with Gasteiger partial charge in [-0.3, -0.25) is 0 Å². The second kappa shape index (κ2) is 5.18. The number of nitrogens with one attached hydrogen (secondary N) is 1. The van der Waals surface area contributed by atoms with Crippen LogP contribution in [0.3, 0.4) is 0 Å². The van der Waals surface area contributed by atoms with Gasteiger partial charge in [0.25, 0.3) is 0 Å². The largest absolute Gasteiger partial charge is 0.196 e. The van der Waals surface area contributed by atoms with Crippen LogP contribution in [0.15, 0.2) is 29.0 Å². The molecule has 0 amide bonds. The molecule has 1 N–H and O–H groups in total. The number of hydrogen-bond donors (Lipinski definition) is 1. The van der Waals surface area contributed by atoms with Crippen LogP contribution in [0.25, 0.3) is 22.7 Å². The van der Waals surface area contributed by atoms with Crippen LogP contribution >= 0.6 is 22.7 Å². The molecule has 0 aliphatic heterocycles. The first kappa shape index (κ1) is 11.8. The van der Waals surface area contributed by atoms with Crippen molar-refractivity contribution in [3.05, 3.63) is 45.1 Å². The average molecular weight is 284 g/mol. The zero-order valence-electron chi connectivity index (χ0n) is 9.70. The molecule has 0 aliphatic rings. The van der Waals surface area contributed by atoms with Crippen LogP contribution in [0.1, 0.15) is 16.1 Å². The molecular formula is C13H8N4S2. The van der Waals surface area contributed by atoms with Crippen molar-refractivity contribution in [2.75, 3.05) is 0 Å². The summed E-state index contributed by atoms with van der Waals surface area (Å²) < 4.78 is 0. The quantitative estimate of drug-likeness (QED) is 0.798. The Balaban J connectivity index is 1.86. The molecule has 0 aromatic carbocycles. The number of nitriles is 1. The number of hydrogen-bond acceptors (Lipinski definition) is 5. The van der Waals surface area contributed by atoms with E-state index >= 15 is 0 Å². The van der Waals surface area contributed by atoms with Crippen molar-refractivity contribution >= 4 is 34.8 Å². The zero-order chi connectivity index (χ0) is 13.1. The van der Waals surface area contributed by atoms with Gasteiger partial charge in [-0.1, -0.05) is 6.08 Å². The lowest BCUT2D eigenvalue weighted by atomic mass is 10.2. The van der Waals surface area contributed by atoms with E-state index in [2.05, 4.69) is 39.0 Å². The number of nitrogens with zero attached hydrogens (tertiary/aromatic N) is 3. The summed E-state index contributed by atoms with van der Waals surface area (Å²) in [5.41, 5.74) is 2.14. The molecule has 0 atom stereocenters. The highest BCUT2D eigenvalue weighted by Gasteiger charge is 2.11. The van der Waals surface area contributed by atoms with Gasteiger partial charge in [0.05, 0.1) is 4.88 Å². The molecule has 3 aromatic heterocycles. The molecule has 6 heteroatoms. The van der Waals surface area contributed by atoms with Crippen molar-refractivity contribution in [1.29, 1.82) is 5.26 Å². The summed E-state index contributed by atoms with van der Waals surface area (Å²) in [5, 5.41) is 23.4. The highest BCUT2D eigenvalue weighted by Crippen LogP contribution is 2.29. The van der Waals surface area contributed by atoms with Crippen molar-refractivity contribution < 1.29 is 0 Å². The van der Waals surface area contributed by atoms with E-state index in [1.807, 2.05) is 23.6 Å². The van der Waals surface area contributed by atoms with Crippen LogP contribution in [0.2, 0.25) is 0 Å².